The van der Waals surface area contributed by atoms with Gasteiger partial charge in [-0.15, -0.1) is 0 Å². The Bertz CT molecular complexity index is 1320. The molecule has 10 nitrogen and oxygen atoms in total. The second-order valence-corrected chi connectivity index (χ2v) is 13.0. The van der Waals surface area contributed by atoms with Crippen LogP contribution < -0.4 is 0 Å². The third-order valence-electron chi connectivity index (χ3n) is 10.1. The van der Waals surface area contributed by atoms with E-state index in [4.69, 9.17) is 9.47 Å². The van der Waals surface area contributed by atoms with Crippen molar-refractivity contribution in [1.82, 2.24) is 14.7 Å². The first-order valence-corrected chi connectivity index (χ1v) is 17.0. The van der Waals surface area contributed by atoms with Gasteiger partial charge in [0.2, 0.25) is 17.7 Å². The summed E-state index contributed by atoms with van der Waals surface area (Å²) in [5.41, 5.74) is -0.599. The average molecular weight is 636 g/mol. The molecule has 4 heterocycles. The summed E-state index contributed by atoms with van der Waals surface area (Å²) in [6.45, 7) is 5.34. The number of aliphatic hydroxyl groups excluding tert-OH is 1. The Morgan fingerprint density at radius 3 is 2.46 bits per heavy atom. The molecule has 0 unspecified atom stereocenters. The highest BCUT2D eigenvalue weighted by Gasteiger charge is 2.71. The lowest BCUT2D eigenvalue weighted by molar-refractivity contribution is -0.164. The number of nitrogens with zero attached hydrogens (tertiary/aromatic N) is 3. The number of unbranched alkanes of at least 4 members (excludes halogenated alkanes) is 4. The summed E-state index contributed by atoms with van der Waals surface area (Å²) in [5.74, 6) is -3.06. The molecule has 7 atom stereocenters. The summed E-state index contributed by atoms with van der Waals surface area (Å²) in [7, 11) is 1.72. The number of benzene rings is 1. The molecule has 1 aromatic carbocycles. The number of carbonyl (C=O) groups is 4. The van der Waals surface area contributed by atoms with Crippen LogP contribution in [0.3, 0.4) is 0 Å². The van der Waals surface area contributed by atoms with Gasteiger partial charge in [-0.25, -0.2) is 0 Å². The van der Waals surface area contributed by atoms with Gasteiger partial charge in [0.25, 0.3) is 0 Å². The lowest BCUT2D eigenvalue weighted by atomic mass is 9.77. The molecule has 5 rings (SSSR count). The molecule has 1 aromatic rings. The quantitative estimate of drug-likeness (QED) is 0.236. The molecule has 1 spiro atoms. The van der Waals surface area contributed by atoms with Gasteiger partial charge in [0.15, 0.2) is 0 Å². The Balaban J connectivity index is 1.55. The Morgan fingerprint density at radius 2 is 1.72 bits per heavy atom. The number of ether oxygens (including phenoxy) is 2. The first kappa shape index (κ1) is 33.9. The summed E-state index contributed by atoms with van der Waals surface area (Å²) >= 11 is 0. The first-order valence-electron chi connectivity index (χ1n) is 17.0. The minimum Gasteiger partial charge on any atom is -0.455 e. The van der Waals surface area contributed by atoms with Crippen LogP contribution in [-0.4, -0.2) is 101 Å². The number of amides is 3. The number of aliphatic hydroxyl groups is 1. The molecule has 46 heavy (non-hydrogen) atoms. The second kappa shape index (κ2) is 14.9. The summed E-state index contributed by atoms with van der Waals surface area (Å²) in [5, 5.41) is 9.34. The summed E-state index contributed by atoms with van der Waals surface area (Å²) < 4.78 is 13.1. The predicted molar refractivity (Wildman–Crippen MR) is 172 cm³/mol. The summed E-state index contributed by atoms with van der Waals surface area (Å²) in [4.78, 5) is 61.5. The van der Waals surface area contributed by atoms with Crippen LogP contribution in [0.1, 0.15) is 76.9 Å². The van der Waals surface area contributed by atoms with Crippen molar-refractivity contribution in [2.45, 2.75) is 95.1 Å². The fourth-order valence-corrected chi connectivity index (χ4v) is 7.50. The Kier molecular flexibility index (Phi) is 11.0. The van der Waals surface area contributed by atoms with Crippen LogP contribution in [0.25, 0.3) is 0 Å². The average Bonchev–Trinajstić information content (AvgIpc) is 3.44. The molecule has 0 aromatic heterocycles. The molecule has 10 heteroatoms. The van der Waals surface area contributed by atoms with Crippen LogP contribution in [0.15, 0.2) is 54.6 Å². The maximum atomic E-state index is 14.5. The van der Waals surface area contributed by atoms with Crippen molar-refractivity contribution < 1.29 is 33.8 Å². The van der Waals surface area contributed by atoms with Crippen molar-refractivity contribution in [2.75, 3.05) is 33.3 Å². The Hall–Kier alpha value is -3.50. The Labute approximate surface area is 272 Å². The molecule has 1 N–H and O–H groups in total. The van der Waals surface area contributed by atoms with Crippen LogP contribution in [-0.2, 0) is 28.7 Å². The lowest BCUT2D eigenvalue weighted by Crippen LogP contribution is -2.55. The monoisotopic (exact) mass is 635 g/mol. The Morgan fingerprint density at radius 1 is 0.957 bits per heavy atom. The van der Waals surface area contributed by atoms with Crippen LogP contribution >= 0.6 is 0 Å². The maximum absolute atomic E-state index is 14.5. The van der Waals surface area contributed by atoms with E-state index in [1.165, 1.54) is 0 Å². The molecule has 0 bridgehead atoms. The van der Waals surface area contributed by atoms with Gasteiger partial charge in [0.05, 0.1) is 18.1 Å². The van der Waals surface area contributed by atoms with Gasteiger partial charge in [-0.2, -0.15) is 0 Å². The molecular weight excluding hydrogens is 586 g/mol. The topological polar surface area (TPSA) is 117 Å². The largest absolute Gasteiger partial charge is 0.455 e. The molecule has 4 aliphatic heterocycles. The van der Waals surface area contributed by atoms with Gasteiger partial charge in [0.1, 0.15) is 23.7 Å². The zero-order valence-corrected chi connectivity index (χ0v) is 27.4. The van der Waals surface area contributed by atoms with E-state index in [2.05, 4.69) is 6.92 Å². The number of cyclic esters (lactones) is 1. The van der Waals surface area contributed by atoms with Gasteiger partial charge < -0.3 is 29.3 Å². The number of carbonyl (C=O) groups excluding carboxylic acids is 4. The number of rotatable bonds is 10. The lowest BCUT2D eigenvalue weighted by Gasteiger charge is -2.35. The van der Waals surface area contributed by atoms with E-state index in [9.17, 15) is 24.3 Å². The van der Waals surface area contributed by atoms with Gasteiger partial charge in [-0.1, -0.05) is 74.4 Å². The maximum Gasteiger partial charge on any atom is 0.313 e. The van der Waals surface area contributed by atoms with Gasteiger partial charge in [0, 0.05) is 39.7 Å². The van der Waals surface area contributed by atoms with E-state index in [-0.39, 0.29) is 30.7 Å². The summed E-state index contributed by atoms with van der Waals surface area (Å²) in [6.07, 6.45) is 11.3. The number of esters is 1. The summed E-state index contributed by atoms with van der Waals surface area (Å²) in [6, 6.07) is 7.95. The van der Waals surface area contributed by atoms with Crippen molar-refractivity contribution in [2.24, 2.45) is 11.8 Å². The number of fused-ring (bicyclic) bond motifs is 2. The molecule has 2 saturated heterocycles. The zero-order chi connectivity index (χ0) is 32.8. The van der Waals surface area contributed by atoms with Crippen LogP contribution in [0.4, 0.5) is 0 Å². The molecule has 2 fully saturated rings. The molecule has 4 aliphatic rings. The fraction of sp³-hybridized carbons (Fsp3) is 0.611. The molecule has 3 amide bonds. The zero-order valence-electron chi connectivity index (χ0n) is 27.4. The number of hydrogen-bond acceptors (Lipinski definition) is 7. The van der Waals surface area contributed by atoms with Crippen molar-refractivity contribution in [3.8, 4) is 0 Å². The van der Waals surface area contributed by atoms with E-state index in [1.807, 2.05) is 55.5 Å². The van der Waals surface area contributed by atoms with Crippen molar-refractivity contribution in [3.63, 3.8) is 0 Å². The number of allylic oxidation sites excluding steroid dienone is 1. The van der Waals surface area contributed by atoms with Crippen LogP contribution in [0.2, 0.25) is 0 Å². The molecule has 0 aliphatic carbocycles. The second-order valence-electron chi connectivity index (χ2n) is 13.0. The fourth-order valence-electron chi connectivity index (χ4n) is 7.50. The predicted octanol–water partition coefficient (Wildman–Crippen LogP) is 3.80. The standard InChI is InChI=1S/C36H49N3O7/c1-4-5-12-21-38-22-15-20-36-30(33(42)39(32(36)34(38)43)23-13-7-14-24-40)29-27(46-36)18-10-11-19-28(41)37(3)25(2)31(45-35(29)44)26-16-8-6-9-17-26/h6,8-10,15-18,20,25,27,29-32,40H,4-5,7,11-14,19,21-24H2,1-3H3/b18-10-/t25-,27-,29+,30+,31+,32-,36+/m1/s1. The van der Waals surface area contributed by atoms with E-state index in [0.717, 1.165) is 24.8 Å². The van der Waals surface area contributed by atoms with Gasteiger partial charge in [-0.3, -0.25) is 19.2 Å². The van der Waals surface area contributed by atoms with E-state index < -0.39 is 47.7 Å². The van der Waals surface area contributed by atoms with Crippen molar-refractivity contribution >= 4 is 23.7 Å². The third-order valence-corrected chi connectivity index (χ3v) is 10.1. The van der Waals surface area contributed by atoms with E-state index in [0.29, 0.717) is 45.3 Å². The third kappa shape index (κ3) is 6.51. The highest BCUT2D eigenvalue weighted by Crippen LogP contribution is 2.53. The van der Waals surface area contributed by atoms with Crippen molar-refractivity contribution in [1.29, 1.82) is 0 Å². The van der Waals surface area contributed by atoms with E-state index >= 15 is 0 Å². The molecule has 250 valence electrons. The van der Waals surface area contributed by atoms with Gasteiger partial charge in [-0.05, 0) is 44.6 Å². The number of likely N-dealkylation sites (tertiary alicyclic amines) is 1. The smallest absolute Gasteiger partial charge is 0.313 e. The normalized spacial score (nSPS) is 32.3. The van der Waals surface area contributed by atoms with Crippen molar-refractivity contribution in [3.05, 3.63) is 60.2 Å². The number of likely N-dealkylation sites (N-methyl/N-ethyl adjacent to an activating group) is 1. The van der Waals surface area contributed by atoms with Crippen LogP contribution in [0, 0.1) is 11.8 Å². The van der Waals surface area contributed by atoms with Crippen LogP contribution in [0.5, 0.6) is 0 Å². The highest BCUT2D eigenvalue weighted by atomic mass is 16.6. The molecule has 0 radical (unpaired) electrons. The molecular formula is C36H49N3O7. The SMILES string of the molecule is CCCCCN1CC=C[C@]23O[C@@H]4/C=C\CCC(=O)N(C)[C@H](C)[C@@H](c5ccccc5)OC(=O)[C@@H]4[C@H]2C(=O)N(CCCCCO)[C@@H]3C1=O. The minimum atomic E-state index is -1.34. The minimum absolute atomic E-state index is 0.0592. The number of hydrogen-bond donors (Lipinski definition) is 1. The highest BCUT2D eigenvalue weighted by molar-refractivity contribution is 5.99. The van der Waals surface area contributed by atoms with E-state index in [1.54, 1.807) is 27.8 Å². The molecule has 0 saturated carbocycles. The first-order chi connectivity index (χ1) is 22.2. The van der Waals surface area contributed by atoms with Gasteiger partial charge >= 0.3 is 5.97 Å².